The number of rotatable bonds is 13. The normalized spacial score (nSPS) is 13.9. The number of nitrogens with zero attached hydrogens (tertiary/aromatic N) is 1. The number of imidazole rings is 1. The van der Waals surface area contributed by atoms with Crippen molar-refractivity contribution in [1.29, 1.82) is 0 Å². The van der Waals surface area contributed by atoms with Crippen molar-refractivity contribution in [3.8, 4) is 5.69 Å². The Hall–Kier alpha value is -3.13. The van der Waals surface area contributed by atoms with Crippen molar-refractivity contribution in [2.75, 3.05) is 0 Å². The fraction of sp³-hybridized carbons (Fsp3) is 0.364. The number of H-pyrrole nitrogens is 1. The highest BCUT2D eigenvalue weighted by molar-refractivity contribution is 5.33. The molecule has 0 aliphatic carbocycles. The first-order chi connectivity index (χ1) is 17.2. The van der Waals surface area contributed by atoms with E-state index in [9.17, 15) is 0 Å². The second-order valence-corrected chi connectivity index (χ2v) is 10.1. The second kappa shape index (κ2) is 12.5. The molecule has 2 nitrogen and oxygen atoms in total. The second-order valence-electron chi connectivity index (χ2n) is 10.1. The molecule has 182 valence electrons. The highest BCUT2D eigenvalue weighted by Gasteiger charge is 2.42. The van der Waals surface area contributed by atoms with E-state index in [2.05, 4.69) is 127 Å². The van der Waals surface area contributed by atoms with Crippen molar-refractivity contribution in [2.24, 2.45) is 0 Å². The van der Waals surface area contributed by atoms with Crippen LogP contribution in [0.25, 0.3) is 5.69 Å². The van der Waals surface area contributed by atoms with Crippen LogP contribution in [0.15, 0.2) is 103 Å². The first kappa shape index (κ1) is 25.0. The summed E-state index contributed by atoms with van der Waals surface area (Å²) in [6.45, 7) is 4.77. The van der Waals surface area contributed by atoms with E-state index >= 15 is 0 Å². The van der Waals surface area contributed by atoms with Gasteiger partial charge in [-0.3, -0.25) is 0 Å². The van der Waals surface area contributed by atoms with Gasteiger partial charge in [-0.2, -0.15) is 4.57 Å². The van der Waals surface area contributed by atoms with Gasteiger partial charge in [0.2, 0.25) is 0 Å². The highest BCUT2D eigenvalue weighted by Crippen LogP contribution is 2.43. The molecule has 1 N–H and O–H groups in total. The maximum absolute atomic E-state index is 3.69. The molecule has 0 spiro atoms. The SMILES string of the molecule is CCCCCCCCC(c1[nH]cc[n+]1-c1ccccc1)C(C)(Cc1ccccc1)c1ccccc1. The molecule has 4 aromatic rings. The van der Waals surface area contributed by atoms with Crippen LogP contribution in [0.2, 0.25) is 0 Å². The van der Waals surface area contributed by atoms with E-state index in [0.717, 1.165) is 12.8 Å². The number of hydrogen-bond acceptors (Lipinski definition) is 0. The molecule has 0 saturated heterocycles. The van der Waals surface area contributed by atoms with Crippen molar-refractivity contribution < 1.29 is 4.57 Å². The number of unbranched alkanes of at least 4 members (excludes halogenated alkanes) is 5. The third-order valence-electron chi connectivity index (χ3n) is 7.54. The van der Waals surface area contributed by atoms with Gasteiger partial charge in [-0.15, -0.1) is 0 Å². The van der Waals surface area contributed by atoms with Crippen molar-refractivity contribution >= 4 is 0 Å². The third kappa shape index (κ3) is 6.31. The molecule has 2 heteroatoms. The summed E-state index contributed by atoms with van der Waals surface area (Å²) in [7, 11) is 0. The van der Waals surface area contributed by atoms with E-state index in [4.69, 9.17) is 0 Å². The van der Waals surface area contributed by atoms with Crippen molar-refractivity contribution in [3.05, 3.63) is 120 Å². The third-order valence-corrected chi connectivity index (χ3v) is 7.54. The molecule has 0 bridgehead atoms. The first-order valence-electron chi connectivity index (χ1n) is 13.5. The number of aromatic amines is 1. The Balaban J connectivity index is 1.73. The quantitative estimate of drug-likeness (QED) is 0.151. The molecule has 2 atom stereocenters. The van der Waals surface area contributed by atoms with E-state index in [1.165, 1.54) is 61.2 Å². The molecule has 0 saturated carbocycles. The fourth-order valence-corrected chi connectivity index (χ4v) is 5.58. The Bertz CT molecular complexity index is 1120. The molecule has 4 rings (SSSR count). The van der Waals surface area contributed by atoms with Crippen LogP contribution in [0.3, 0.4) is 0 Å². The Morgan fingerprint density at radius 1 is 0.743 bits per heavy atom. The average molecular weight is 466 g/mol. The maximum atomic E-state index is 3.69. The molecule has 1 heterocycles. The molecule has 1 aromatic heterocycles. The van der Waals surface area contributed by atoms with Crippen molar-refractivity contribution in [1.82, 2.24) is 4.98 Å². The Morgan fingerprint density at radius 2 is 1.34 bits per heavy atom. The van der Waals surface area contributed by atoms with Gasteiger partial charge in [-0.1, -0.05) is 131 Å². The average Bonchev–Trinajstić information content (AvgIpc) is 3.39. The van der Waals surface area contributed by atoms with E-state index < -0.39 is 0 Å². The summed E-state index contributed by atoms with van der Waals surface area (Å²) in [5.74, 6) is 1.65. The lowest BCUT2D eigenvalue weighted by Gasteiger charge is -2.37. The maximum Gasteiger partial charge on any atom is 0.263 e. The van der Waals surface area contributed by atoms with Gasteiger partial charge in [-0.05, 0) is 36.1 Å². The summed E-state index contributed by atoms with van der Waals surface area (Å²) >= 11 is 0. The fourth-order valence-electron chi connectivity index (χ4n) is 5.58. The van der Waals surface area contributed by atoms with Gasteiger partial charge in [0, 0.05) is 5.41 Å². The molecule has 0 aliphatic rings. The van der Waals surface area contributed by atoms with E-state index in [-0.39, 0.29) is 5.41 Å². The van der Waals surface area contributed by atoms with Gasteiger partial charge in [-0.25, -0.2) is 4.98 Å². The molecular weight excluding hydrogens is 424 g/mol. The predicted molar refractivity (Wildman–Crippen MR) is 147 cm³/mol. The van der Waals surface area contributed by atoms with Gasteiger partial charge in [0.1, 0.15) is 18.1 Å². The van der Waals surface area contributed by atoms with Gasteiger partial charge in [0.15, 0.2) is 0 Å². The lowest BCUT2D eigenvalue weighted by molar-refractivity contribution is -0.605. The zero-order chi connectivity index (χ0) is 24.3. The molecule has 0 amide bonds. The van der Waals surface area contributed by atoms with Gasteiger partial charge in [0.05, 0.1) is 5.92 Å². The lowest BCUT2D eigenvalue weighted by Crippen LogP contribution is -2.42. The standard InChI is InChI=1S/C33H40N2/c1-3-4-5-6-7-17-24-31(32-34-25-26-35(32)30-22-15-10-16-23-30)33(2,29-20-13-9-14-21-29)27-28-18-11-8-12-19-28/h8-16,18-23,25-26,31H,3-7,17,24,27H2,1-2H3/p+1. The summed E-state index contributed by atoms with van der Waals surface area (Å²) in [5.41, 5.74) is 3.97. The highest BCUT2D eigenvalue weighted by atomic mass is 15.1. The summed E-state index contributed by atoms with van der Waals surface area (Å²) in [6, 6.07) is 32.9. The van der Waals surface area contributed by atoms with Gasteiger partial charge < -0.3 is 0 Å². The number of para-hydroxylation sites is 1. The summed E-state index contributed by atoms with van der Waals surface area (Å²) < 4.78 is 2.37. The minimum Gasteiger partial charge on any atom is -0.247 e. The van der Waals surface area contributed by atoms with Crippen LogP contribution in [0.1, 0.15) is 81.7 Å². The van der Waals surface area contributed by atoms with E-state index in [1.54, 1.807) is 0 Å². The predicted octanol–water partition coefficient (Wildman–Crippen LogP) is 8.33. The number of aromatic nitrogens is 2. The Kier molecular flexibility index (Phi) is 8.95. The topological polar surface area (TPSA) is 19.7 Å². The molecule has 0 fully saturated rings. The summed E-state index contributed by atoms with van der Waals surface area (Å²) in [4.78, 5) is 3.69. The summed E-state index contributed by atoms with van der Waals surface area (Å²) in [5, 5.41) is 0. The first-order valence-corrected chi connectivity index (χ1v) is 13.5. The van der Waals surface area contributed by atoms with Crippen LogP contribution in [0.5, 0.6) is 0 Å². The number of nitrogens with one attached hydrogen (secondary N) is 1. The minimum atomic E-state index is -0.0482. The molecule has 2 unspecified atom stereocenters. The van der Waals surface area contributed by atoms with Crippen molar-refractivity contribution in [3.63, 3.8) is 0 Å². The minimum absolute atomic E-state index is 0.0482. The number of benzene rings is 3. The smallest absolute Gasteiger partial charge is 0.247 e. The van der Waals surface area contributed by atoms with Crippen LogP contribution < -0.4 is 4.57 Å². The molecule has 35 heavy (non-hydrogen) atoms. The lowest BCUT2D eigenvalue weighted by atomic mass is 9.66. The molecule has 0 aliphatic heterocycles. The van der Waals surface area contributed by atoms with E-state index in [0.29, 0.717) is 5.92 Å². The number of hydrogen-bond donors (Lipinski definition) is 1. The van der Waals surface area contributed by atoms with Crippen LogP contribution in [0, 0.1) is 0 Å². The van der Waals surface area contributed by atoms with E-state index in [1.807, 2.05) is 0 Å². The Morgan fingerprint density at radius 3 is 2.03 bits per heavy atom. The zero-order valence-corrected chi connectivity index (χ0v) is 21.5. The van der Waals surface area contributed by atoms with Gasteiger partial charge in [0.25, 0.3) is 5.82 Å². The largest absolute Gasteiger partial charge is 0.263 e. The van der Waals surface area contributed by atoms with Crippen LogP contribution in [-0.2, 0) is 11.8 Å². The molecular formula is C33H41N2+. The van der Waals surface area contributed by atoms with Crippen LogP contribution >= 0.6 is 0 Å². The summed E-state index contributed by atoms with van der Waals surface area (Å²) in [6.07, 6.45) is 14.4. The Labute approximate surface area is 212 Å². The molecule has 0 radical (unpaired) electrons. The molecule has 3 aromatic carbocycles. The monoisotopic (exact) mass is 465 g/mol. The van der Waals surface area contributed by atoms with Gasteiger partial charge >= 0.3 is 0 Å². The zero-order valence-electron chi connectivity index (χ0n) is 21.5. The van der Waals surface area contributed by atoms with Crippen LogP contribution in [-0.4, -0.2) is 4.98 Å². The van der Waals surface area contributed by atoms with Crippen LogP contribution in [0.4, 0.5) is 0 Å². The van der Waals surface area contributed by atoms with Crippen molar-refractivity contribution in [2.45, 2.75) is 76.5 Å².